The Morgan fingerprint density at radius 1 is 1.07 bits per heavy atom. The molecule has 1 nitrogen and oxygen atoms in total. The highest BCUT2D eigenvalue weighted by atomic mass is 19.1. The Hall–Kier alpha value is -1.31. The van der Waals surface area contributed by atoms with Crippen LogP contribution in [-0.2, 0) is 0 Å². The highest BCUT2D eigenvalue weighted by Gasteiger charge is 2.01. The number of nitrogens with one attached hydrogen (secondary N) is 1. The molecule has 1 heterocycles. The van der Waals surface area contributed by atoms with E-state index in [-0.39, 0.29) is 5.82 Å². The van der Waals surface area contributed by atoms with Crippen LogP contribution in [0.25, 0.3) is 10.9 Å². The molecule has 0 bridgehead atoms. The van der Waals surface area contributed by atoms with Crippen molar-refractivity contribution in [3.63, 3.8) is 0 Å². The van der Waals surface area contributed by atoms with Gasteiger partial charge in [-0.1, -0.05) is 13.8 Å². The minimum absolute atomic E-state index is 0.137. The third-order valence-electron chi connectivity index (χ3n) is 2.03. The quantitative estimate of drug-likeness (QED) is 0.652. The average Bonchev–Trinajstić information content (AvgIpc) is 2.49. The molecular weight excluding hydrogens is 177 g/mol. The predicted octanol–water partition coefficient (Wildman–Crippen LogP) is 3.95. The average molecular weight is 193 g/mol. The number of hydrogen-bond donors (Lipinski definition) is 1. The first-order valence-electron chi connectivity index (χ1n) is 4.92. The summed E-state index contributed by atoms with van der Waals surface area (Å²) in [6.07, 6.45) is 0. The maximum Gasteiger partial charge on any atom is 0.126 e. The lowest BCUT2D eigenvalue weighted by molar-refractivity contribution is 0.620. The molecule has 0 atom stereocenters. The predicted molar refractivity (Wildman–Crippen MR) is 59.1 cm³/mol. The van der Waals surface area contributed by atoms with Gasteiger partial charge in [0, 0.05) is 16.6 Å². The molecule has 1 aromatic carbocycles. The first-order valence-corrected chi connectivity index (χ1v) is 4.92. The maximum atomic E-state index is 13.0. The van der Waals surface area contributed by atoms with E-state index >= 15 is 0 Å². The van der Waals surface area contributed by atoms with E-state index < -0.39 is 0 Å². The van der Waals surface area contributed by atoms with Crippen LogP contribution in [0.3, 0.4) is 0 Å². The molecule has 2 rings (SSSR count). The van der Waals surface area contributed by atoms with Crippen molar-refractivity contribution in [2.75, 3.05) is 0 Å². The summed E-state index contributed by atoms with van der Waals surface area (Å²) in [4.78, 5) is 3.16. The van der Waals surface area contributed by atoms with E-state index in [1.54, 1.807) is 13.0 Å². The highest BCUT2D eigenvalue weighted by molar-refractivity contribution is 5.81. The lowest BCUT2D eigenvalue weighted by Gasteiger charge is -1.95. The molecule has 0 saturated heterocycles. The summed E-state index contributed by atoms with van der Waals surface area (Å²) in [6.45, 7) is 7.73. The van der Waals surface area contributed by atoms with Gasteiger partial charge in [0.25, 0.3) is 0 Å². The van der Waals surface area contributed by atoms with Crippen molar-refractivity contribution in [3.8, 4) is 0 Å². The Bertz CT molecular complexity index is 390. The first kappa shape index (κ1) is 10.8. The van der Waals surface area contributed by atoms with Crippen LogP contribution < -0.4 is 0 Å². The normalized spacial score (nSPS) is 9.79. The highest BCUT2D eigenvalue weighted by Crippen LogP contribution is 2.18. The molecule has 76 valence electrons. The number of H-pyrrole nitrogens is 1. The van der Waals surface area contributed by atoms with Gasteiger partial charge in [-0.25, -0.2) is 4.39 Å². The van der Waals surface area contributed by atoms with Crippen molar-refractivity contribution in [1.29, 1.82) is 0 Å². The molecular formula is C12H16FN. The number of benzene rings is 1. The fourth-order valence-electron chi connectivity index (χ4n) is 1.41. The lowest BCUT2D eigenvalue weighted by Crippen LogP contribution is -1.80. The summed E-state index contributed by atoms with van der Waals surface area (Å²) in [5.41, 5.74) is 2.76. The molecule has 0 aliphatic heterocycles. The van der Waals surface area contributed by atoms with Gasteiger partial charge in [-0.3, -0.25) is 0 Å². The smallest absolute Gasteiger partial charge is 0.126 e. The van der Waals surface area contributed by atoms with Crippen molar-refractivity contribution in [2.45, 2.75) is 27.7 Å². The topological polar surface area (TPSA) is 15.8 Å². The number of aromatic nitrogens is 1. The third kappa shape index (κ3) is 1.95. The number of aromatic amines is 1. The Kier molecular flexibility index (Phi) is 3.28. The zero-order chi connectivity index (χ0) is 10.7. The minimum Gasteiger partial charge on any atom is -0.359 e. The van der Waals surface area contributed by atoms with Gasteiger partial charge in [0.05, 0.1) is 0 Å². The zero-order valence-corrected chi connectivity index (χ0v) is 9.11. The van der Waals surface area contributed by atoms with Gasteiger partial charge in [0.2, 0.25) is 0 Å². The Morgan fingerprint density at radius 3 is 2.36 bits per heavy atom. The number of aryl methyl sites for hydroxylation is 2. The molecule has 14 heavy (non-hydrogen) atoms. The molecule has 0 saturated carbocycles. The SMILES string of the molecule is CC.Cc1cc2cc(F)c(C)cc2[nH]1. The second kappa shape index (κ2) is 4.27. The molecule has 0 fully saturated rings. The standard InChI is InChI=1S/C10H10FN.C2H6/c1-6-3-10-8(5-9(6)11)4-7(2)12-10;1-2/h3-5,12H,1-2H3;1-2H3. The summed E-state index contributed by atoms with van der Waals surface area (Å²) in [6, 6.07) is 5.34. The fourth-order valence-corrected chi connectivity index (χ4v) is 1.41. The van der Waals surface area contributed by atoms with Crippen molar-refractivity contribution in [2.24, 2.45) is 0 Å². The van der Waals surface area contributed by atoms with Crippen molar-refractivity contribution < 1.29 is 4.39 Å². The first-order chi connectivity index (χ1) is 6.66. The van der Waals surface area contributed by atoms with Gasteiger partial charge in [0.1, 0.15) is 5.82 Å². The molecule has 0 aliphatic carbocycles. The molecule has 0 radical (unpaired) electrons. The number of rotatable bonds is 0. The molecule has 2 aromatic rings. The molecule has 1 N–H and O–H groups in total. The molecule has 0 unspecified atom stereocenters. The van der Waals surface area contributed by atoms with Crippen LogP contribution in [0.1, 0.15) is 25.1 Å². The van der Waals surface area contributed by atoms with Crippen molar-refractivity contribution >= 4 is 10.9 Å². The third-order valence-corrected chi connectivity index (χ3v) is 2.03. The summed E-state index contributed by atoms with van der Waals surface area (Å²) in [5, 5.41) is 0.940. The van der Waals surface area contributed by atoms with Crippen LogP contribution in [0.4, 0.5) is 4.39 Å². The molecule has 0 spiro atoms. The Labute approximate surface area is 84.0 Å². The van der Waals surface area contributed by atoms with Crippen LogP contribution in [0.2, 0.25) is 0 Å². The van der Waals surface area contributed by atoms with Crippen LogP contribution >= 0.6 is 0 Å². The van der Waals surface area contributed by atoms with Crippen molar-refractivity contribution in [3.05, 3.63) is 35.3 Å². The van der Waals surface area contributed by atoms with Crippen LogP contribution in [0.15, 0.2) is 18.2 Å². The van der Waals surface area contributed by atoms with Crippen molar-refractivity contribution in [1.82, 2.24) is 4.98 Å². The maximum absolute atomic E-state index is 13.0. The van der Waals surface area contributed by atoms with Gasteiger partial charge in [-0.2, -0.15) is 0 Å². The van der Waals surface area contributed by atoms with E-state index in [2.05, 4.69) is 4.98 Å². The number of hydrogen-bond acceptors (Lipinski definition) is 0. The van der Waals surface area contributed by atoms with E-state index in [1.807, 2.05) is 32.9 Å². The Balaban J connectivity index is 0.000000461. The second-order valence-corrected chi connectivity index (χ2v) is 3.14. The van der Waals surface area contributed by atoms with E-state index in [4.69, 9.17) is 0 Å². The van der Waals surface area contributed by atoms with Gasteiger partial charge < -0.3 is 4.98 Å². The minimum atomic E-state index is -0.137. The molecule has 0 aliphatic rings. The van der Waals surface area contributed by atoms with E-state index in [9.17, 15) is 4.39 Å². The summed E-state index contributed by atoms with van der Waals surface area (Å²) in [5.74, 6) is -0.137. The van der Waals surface area contributed by atoms with E-state index in [0.29, 0.717) is 5.56 Å². The Morgan fingerprint density at radius 2 is 1.71 bits per heavy atom. The van der Waals surface area contributed by atoms with E-state index in [0.717, 1.165) is 16.6 Å². The molecule has 0 amide bonds. The zero-order valence-electron chi connectivity index (χ0n) is 9.11. The number of halogens is 1. The number of fused-ring (bicyclic) bond motifs is 1. The lowest BCUT2D eigenvalue weighted by atomic mass is 10.2. The van der Waals surface area contributed by atoms with Crippen LogP contribution in [0.5, 0.6) is 0 Å². The van der Waals surface area contributed by atoms with Crippen LogP contribution in [0, 0.1) is 19.7 Å². The summed E-state index contributed by atoms with van der Waals surface area (Å²) >= 11 is 0. The van der Waals surface area contributed by atoms with E-state index in [1.165, 1.54) is 0 Å². The van der Waals surface area contributed by atoms with Gasteiger partial charge in [-0.05, 0) is 37.6 Å². The summed E-state index contributed by atoms with van der Waals surface area (Å²) in [7, 11) is 0. The monoisotopic (exact) mass is 193 g/mol. The van der Waals surface area contributed by atoms with Gasteiger partial charge in [-0.15, -0.1) is 0 Å². The second-order valence-electron chi connectivity index (χ2n) is 3.14. The molecule has 2 heteroatoms. The van der Waals surface area contributed by atoms with Gasteiger partial charge in [0.15, 0.2) is 0 Å². The van der Waals surface area contributed by atoms with Crippen LogP contribution in [-0.4, -0.2) is 4.98 Å². The fraction of sp³-hybridized carbons (Fsp3) is 0.333. The summed E-state index contributed by atoms with van der Waals surface area (Å²) < 4.78 is 13.0. The van der Waals surface area contributed by atoms with Gasteiger partial charge >= 0.3 is 0 Å². The molecule has 1 aromatic heterocycles. The largest absolute Gasteiger partial charge is 0.359 e.